The Morgan fingerprint density at radius 2 is 2.24 bits per heavy atom. The smallest absolute Gasteiger partial charge is 0.169 e. The first-order chi connectivity index (χ1) is 10.2. The quantitative estimate of drug-likeness (QED) is 0.631. The molecule has 4 rings (SSSR count). The minimum absolute atomic E-state index is 0.277. The van der Waals surface area contributed by atoms with Gasteiger partial charge in [-0.3, -0.25) is 4.57 Å². The van der Waals surface area contributed by atoms with Crippen molar-refractivity contribution in [2.24, 2.45) is 0 Å². The normalized spacial score (nSPS) is 35.4. The predicted molar refractivity (Wildman–Crippen MR) is 70.0 cm³/mol. The lowest BCUT2D eigenvalue weighted by Crippen LogP contribution is -2.56. The summed E-state index contributed by atoms with van der Waals surface area (Å²) in [5, 5.41) is 19.7. The zero-order valence-corrected chi connectivity index (χ0v) is 11.1. The van der Waals surface area contributed by atoms with Gasteiger partial charge in [-0.2, -0.15) is 0 Å². The fourth-order valence-corrected chi connectivity index (χ4v) is 3.07. The molecule has 112 valence electrons. The number of imidazole rings is 1. The maximum Gasteiger partial charge on any atom is 0.169 e. The van der Waals surface area contributed by atoms with Crippen LogP contribution in [0.3, 0.4) is 0 Å². The van der Waals surface area contributed by atoms with Gasteiger partial charge in [-0.1, -0.05) is 0 Å². The number of ether oxygens (including phenoxy) is 2. The molecule has 4 N–H and O–H groups in total. The molecular weight excluding hydrogens is 278 g/mol. The van der Waals surface area contributed by atoms with E-state index in [9.17, 15) is 10.2 Å². The van der Waals surface area contributed by atoms with Gasteiger partial charge in [-0.15, -0.1) is 0 Å². The van der Waals surface area contributed by atoms with E-state index in [2.05, 4.69) is 15.0 Å². The number of aliphatic hydroxyl groups excluding tert-OH is 2. The summed E-state index contributed by atoms with van der Waals surface area (Å²) in [6.45, 7) is 0.255. The molecule has 0 amide bonds. The van der Waals surface area contributed by atoms with E-state index in [1.54, 1.807) is 4.57 Å². The standard InChI is InChI=1S/C12H15N5O4/c13-9-7-10(15-4-14-9)17(5-16-7)11-12(1-2-20-12)8(19)6(3-18)21-11/h4-6,8,11,18-19H,1-3H2,(H2,13,14,15)/t6-,8-,11-,12-/m1/s1. The van der Waals surface area contributed by atoms with Crippen molar-refractivity contribution in [2.75, 3.05) is 18.9 Å². The first-order valence-electron chi connectivity index (χ1n) is 6.69. The van der Waals surface area contributed by atoms with E-state index in [1.165, 1.54) is 12.7 Å². The van der Waals surface area contributed by atoms with Crippen molar-refractivity contribution in [1.29, 1.82) is 0 Å². The van der Waals surface area contributed by atoms with Crippen LogP contribution in [-0.4, -0.2) is 60.8 Å². The fraction of sp³-hybridized carbons (Fsp3) is 0.583. The Morgan fingerprint density at radius 3 is 2.90 bits per heavy atom. The third-order valence-electron chi connectivity index (χ3n) is 4.26. The molecule has 9 nitrogen and oxygen atoms in total. The summed E-state index contributed by atoms with van der Waals surface area (Å²) in [5.74, 6) is 0.277. The number of rotatable bonds is 2. The van der Waals surface area contributed by atoms with Crippen LogP contribution in [0, 0.1) is 0 Å². The number of nitrogens with zero attached hydrogens (tertiary/aromatic N) is 4. The van der Waals surface area contributed by atoms with Crippen LogP contribution in [0.4, 0.5) is 5.82 Å². The molecule has 0 saturated carbocycles. The summed E-state index contributed by atoms with van der Waals surface area (Å²) in [4.78, 5) is 12.3. The van der Waals surface area contributed by atoms with Gasteiger partial charge in [-0.05, 0) is 0 Å². The largest absolute Gasteiger partial charge is 0.394 e. The molecule has 21 heavy (non-hydrogen) atoms. The topological polar surface area (TPSA) is 129 Å². The van der Waals surface area contributed by atoms with Gasteiger partial charge in [0.25, 0.3) is 0 Å². The molecule has 0 aliphatic carbocycles. The number of hydrogen-bond acceptors (Lipinski definition) is 8. The van der Waals surface area contributed by atoms with Crippen LogP contribution in [0.2, 0.25) is 0 Å². The van der Waals surface area contributed by atoms with Crippen molar-refractivity contribution < 1.29 is 19.7 Å². The molecule has 1 spiro atoms. The highest BCUT2D eigenvalue weighted by Crippen LogP contribution is 2.49. The summed E-state index contributed by atoms with van der Waals surface area (Å²) in [6.07, 6.45) is 1.30. The van der Waals surface area contributed by atoms with E-state index in [0.29, 0.717) is 24.2 Å². The maximum atomic E-state index is 10.4. The summed E-state index contributed by atoms with van der Waals surface area (Å²) in [5.41, 5.74) is 5.88. The molecule has 2 aliphatic heterocycles. The van der Waals surface area contributed by atoms with Crippen LogP contribution in [0.25, 0.3) is 11.2 Å². The summed E-state index contributed by atoms with van der Waals surface area (Å²) in [6, 6.07) is 0. The second-order valence-electron chi connectivity index (χ2n) is 5.29. The van der Waals surface area contributed by atoms with Gasteiger partial charge in [0.1, 0.15) is 29.7 Å². The molecule has 2 aliphatic rings. The summed E-state index contributed by atoms with van der Waals surface area (Å²) < 4.78 is 13.1. The van der Waals surface area contributed by atoms with E-state index >= 15 is 0 Å². The zero-order chi connectivity index (χ0) is 14.6. The monoisotopic (exact) mass is 293 g/mol. The maximum absolute atomic E-state index is 10.4. The van der Waals surface area contributed by atoms with Crippen LogP contribution in [0.1, 0.15) is 12.6 Å². The van der Waals surface area contributed by atoms with E-state index in [0.717, 1.165) is 0 Å². The highest BCUT2D eigenvalue weighted by atomic mass is 16.6. The average molecular weight is 293 g/mol. The molecule has 4 heterocycles. The van der Waals surface area contributed by atoms with Crippen LogP contribution < -0.4 is 5.73 Å². The Bertz CT molecular complexity index is 685. The number of aliphatic hydroxyl groups is 2. The van der Waals surface area contributed by atoms with Crippen molar-refractivity contribution in [3.63, 3.8) is 0 Å². The minimum atomic E-state index is -0.905. The van der Waals surface area contributed by atoms with Crippen molar-refractivity contribution in [3.8, 4) is 0 Å². The molecule has 2 saturated heterocycles. The highest BCUT2D eigenvalue weighted by molar-refractivity contribution is 5.81. The lowest BCUT2D eigenvalue weighted by atomic mass is 9.86. The minimum Gasteiger partial charge on any atom is -0.394 e. The van der Waals surface area contributed by atoms with Crippen LogP contribution in [0.15, 0.2) is 12.7 Å². The molecule has 9 heteroatoms. The molecule has 0 aromatic carbocycles. The molecule has 2 fully saturated rings. The lowest BCUT2D eigenvalue weighted by Gasteiger charge is -2.44. The number of aromatic nitrogens is 4. The van der Waals surface area contributed by atoms with Gasteiger partial charge in [-0.25, -0.2) is 15.0 Å². The molecule has 2 aromatic rings. The van der Waals surface area contributed by atoms with Gasteiger partial charge in [0.2, 0.25) is 0 Å². The Kier molecular flexibility index (Phi) is 2.67. The molecule has 0 radical (unpaired) electrons. The SMILES string of the molecule is Nc1ncnc2c1ncn2[C@@H]1O[C@H](CO)[C@@H](O)[C@]12CCO2. The average Bonchev–Trinajstić information content (AvgIpc) is 2.97. The van der Waals surface area contributed by atoms with Gasteiger partial charge in [0, 0.05) is 6.42 Å². The highest BCUT2D eigenvalue weighted by Gasteiger charge is 2.61. The van der Waals surface area contributed by atoms with Crippen LogP contribution >= 0.6 is 0 Å². The van der Waals surface area contributed by atoms with Gasteiger partial charge in [0.05, 0.1) is 19.5 Å². The first kappa shape index (κ1) is 12.9. The second kappa shape index (κ2) is 4.34. The first-order valence-corrected chi connectivity index (χ1v) is 6.69. The van der Waals surface area contributed by atoms with Gasteiger partial charge >= 0.3 is 0 Å². The number of nitrogens with two attached hydrogens (primary N) is 1. The lowest BCUT2D eigenvalue weighted by molar-refractivity contribution is -0.225. The number of fused-ring (bicyclic) bond motifs is 1. The fourth-order valence-electron chi connectivity index (χ4n) is 3.07. The van der Waals surface area contributed by atoms with Crippen molar-refractivity contribution in [1.82, 2.24) is 19.5 Å². The Labute approximate surface area is 119 Å². The summed E-state index contributed by atoms with van der Waals surface area (Å²) >= 11 is 0. The third-order valence-corrected chi connectivity index (χ3v) is 4.26. The number of nitrogen functional groups attached to an aromatic ring is 1. The van der Waals surface area contributed by atoms with E-state index < -0.39 is 24.0 Å². The molecule has 4 atom stereocenters. The number of anilines is 1. The van der Waals surface area contributed by atoms with Gasteiger partial charge in [0.15, 0.2) is 17.7 Å². The molecule has 0 bridgehead atoms. The Balaban J connectivity index is 1.82. The van der Waals surface area contributed by atoms with E-state index in [-0.39, 0.29) is 12.4 Å². The predicted octanol–water partition coefficient (Wildman–Crippen LogP) is -1.18. The van der Waals surface area contributed by atoms with Crippen LogP contribution in [0.5, 0.6) is 0 Å². The van der Waals surface area contributed by atoms with Crippen molar-refractivity contribution in [3.05, 3.63) is 12.7 Å². The van der Waals surface area contributed by atoms with E-state index in [1.807, 2.05) is 0 Å². The van der Waals surface area contributed by atoms with Crippen molar-refractivity contribution >= 4 is 17.0 Å². The number of hydrogen-bond donors (Lipinski definition) is 3. The second-order valence-corrected chi connectivity index (χ2v) is 5.29. The van der Waals surface area contributed by atoms with Crippen LogP contribution in [-0.2, 0) is 9.47 Å². The zero-order valence-electron chi connectivity index (χ0n) is 11.1. The molecule has 0 unspecified atom stereocenters. The van der Waals surface area contributed by atoms with Gasteiger partial charge < -0.3 is 25.4 Å². The molecule has 2 aromatic heterocycles. The Morgan fingerprint density at radius 1 is 1.43 bits per heavy atom. The third kappa shape index (κ3) is 1.57. The Hall–Kier alpha value is -1.81. The summed E-state index contributed by atoms with van der Waals surface area (Å²) in [7, 11) is 0. The van der Waals surface area contributed by atoms with Crippen molar-refractivity contribution in [2.45, 2.75) is 30.5 Å². The molecular formula is C12H15N5O4. The van der Waals surface area contributed by atoms with E-state index in [4.69, 9.17) is 15.2 Å².